The number of nitrogens with zero attached hydrogens (tertiary/aromatic N) is 3. The second kappa shape index (κ2) is 28.5. The van der Waals surface area contributed by atoms with Crippen LogP contribution in [-0.2, 0) is 0 Å². The fourth-order valence-corrected chi connectivity index (χ4v) is 16.4. The van der Waals surface area contributed by atoms with E-state index in [4.69, 9.17) is 8.83 Å². The van der Waals surface area contributed by atoms with Crippen LogP contribution in [-0.4, -0.2) is 9.13 Å². The van der Waals surface area contributed by atoms with Gasteiger partial charge in [-0.1, -0.05) is 283 Å². The fraction of sp³-hybridized carbons (Fsp3) is 0. The van der Waals surface area contributed by atoms with Gasteiger partial charge in [-0.15, -0.1) is 0 Å². The molecule has 4 aromatic heterocycles. The Kier molecular flexibility index (Phi) is 17.0. The highest BCUT2D eigenvalue weighted by Gasteiger charge is 2.20. The monoisotopic (exact) mass is 1480 g/mol. The Morgan fingerprint density at radius 2 is 0.568 bits per heavy atom. The molecule has 7 heteroatoms. The van der Waals surface area contributed by atoms with Gasteiger partial charge in [-0.25, -0.2) is 0 Å². The average Bonchev–Trinajstić information content (AvgIpc) is 1.62. The maximum absolute atomic E-state index is 6.22. The van der Waals surface area contributed by atoms with Crippen LogP contribution in [0, 0.1) is 0 Å². The van der Waals surface area contributed by atoms with E-state index in [-0.39, 0.29) is 0 Å². The van der Waals surface area contributed by atoms with Crippen LogP contribution >= 0.6 is 15.9 Å². The van der Waals surface area contributed by atoms with E-state index in [1.165, 1.54) is 98.7 Å². The lowest BCUT2D eigenvalue weighted by Crippen LogP contribution is -2.10. The lowest BCUT2D eigenvalue weighted by atomic mass is 10.0. The van der Waals surface area contributed by atoms with Gasteiger partial charge in [0.15, 0.2) is 0 Å². The Labute approximate surface area is 649 Å². The summed E-state index contributed by atoms with van der Waals surface area (Å²) in [5.74, 6) is 0. The minimum absolute atomic E-state index is 0.904. The third-order valence-corrected chi connectivity index (χ3v) is 22.0. The van der Waals surface area contributed by atoms with E-state index in [1.54, 1.807) is 0 Å². The van der Waals surface area contributed by atoms with E-state index in [2.05, 4.69) is 417 Å². The van der Waals surface area contributed by atoms with Crippen LogP contribution in [0.3, 0.4) is 0 Å². The zero-order valence-corrected chi connectivity index (χ0v) is 61.9. The molecule has 0 aliphatic heterocycles. The molecule has 22 aromatic rings. The molecular formula is C104H69BrN4O2. The molecule has 0 spiro atoms. The van der Waals surface area contributed by atoms with Crippen molar-refractivity contribution in [1.82, 2.24) is 9.13 Å². The van der Waals surface area contributed by atoms with Crippen LogP contribution < -0.4 is 10.2 Å². The van der Waals surface area contributed by atoms with Gasteiger partial charge in [0.2, 0.25) is 0 Å². The summed E-state index contributed by atoms with van der Waals surface area (Å²) in [6, 6.07) is 146. The Hall–Kier alpha value is -14.2. The number of hydrogen-bond acceptors (Lipinski definition) is 4. The van der Waals surface area contributed by atoms with E-state index < -0.39 is 0 Å². The summed E-state index contributed by atoms with van der Waals surface area (Å²) in [5, 5.41) is 18.1. The zero-order valence-electron chi connectivity index (χ0n) is 60.3. The summed E-state index contributed by atoms with van der Waals surface area (Å²) in [5.41, 5.74) is 25.8. The minimum Gasteiger partial charge on any atom is -0.456 e. The molecule has 6 nitrogen and oxygen atoms in total. The number of anilines is 5. The van der Waals surface area contributed by atoms with Crippen molar-refractivity contribution in [1.29, 1.82) is 0 Å². The predicted molar refractivity (Wildman–Crippen MR) is 471 cm³/mol. The normalized spacial score (nSPS) is 11.5. The molecule has 0 amide bonds. The van der Waals surface area contributed by atoms with Crippen molar-refractivity contribution in [3.63, 3.8) is 0 Å². The molecule has 0 saturated carbocycles. The molecule has 0 bridgehead atoms. The van der Waals surface area contributed by atoms with Gasteiger partial charge >= 0.3 is 0 Å². The SMILES string of the molecule is Brc1ccc(-c2cccc(-n3c4ccccc4c4ccccc43)c2)cc1.c1cc(-c2ccc(N(c3ccc(-c4ccc5c(c4)oc4ccccc45)cc3)c3cccc4ccccc34)cc2)cc(-n2c3ccccc3c3ccccc32)c1.c1ccc2c(Nc3ccc(-c4ccc5c(c4)oc4ccccc45)cc3)cccc2c1. The second-order valence-electron chi connectivity index (χ2n) is 28.1. The number of halogens is 1. The molecule has 0 aliphatic carbocycles. The predicted octanol–water partition coefficient (Wildman–Crippen LogP) is 30.0. The number of para-hydroxylation sites is 6. The van der Waals surface area contributed by atoms with Gasteiger partial charge in [-0.2, -0.15) is 0 Å². The molecule has 1 N–H and O–H groups in total. The number of furan rings is 2. The second-order valence-corrected chi connectivity index (χ2v) is 29.0. The summed E-state index contributed by atoms with van der Waals surface area (Å²) in [7, 11) is 0. The highest BCUT2D eigenvalue weighted by Crippen LogP contribution is 2.43. The van der Waals surface area contributed by atoms with Crippen LogP contribution in [0.2, 0.25) is 0 Å². The number of aromatic nitrogens is 2. The molecule has 0 unspecified atom stereocenters. The maximum Gasteiger partial charge on any atom is 0.136 e. The fourth-order valence-electron chi connectivity index (χ4n) is 16.2. The summed E-state index contributed by atoms with van der Waals surface area (Å²) in [4.78, 5) is 2.37. The molecule has 524 valence electrons. The van der Waals surface area contributed by atoms with Crippen molar-refractivity contribution in [2.45, 2.75) is 0 Å². The van der Waals surface area contributed by atoms with Gasteiger partial charge in [0, 0.05) is 92.5 Å². The van der Waals surface area contributed by atoms with Crippen LogP contribution in [0.5, 0.6) is 0 Å². The first-order valence-electron chi connectivity index (χ1n) is 37.5. The molecule has 4 heterocycles. The molecule has 0 aliphatic rings. The number of fused-ring (bicyclic) bond motifs is 14. The van der Waals surface area contributed by atoms with Crippen molar-refractivity contribution in [2.75, 3.05) is 10.2 Å². The lowest BCUT2D eigenvalue weighted by Gasteiger charge is -2.27. The Morgan fingerprint density at radius 1 is 0.234 bits per heavy atom. The van der Waals surface area contributed by atoms with E-state index >= 15 is 0 Å². The highest BCUT2D eigenvalue weighted by molar-refractivity contribution is 9.10. The number of nitrogens with one attached hydrogen (secondary N) is 1. The molecular weight excluding hydrogens is 1420 g/mol. The van der Waals surface area contributed by atoms with Crippen molar-refractivity contribution < 1.29 is 8.83 Å². The van der Waals surface area contributed by atoms with E-state index in [9.17, 15) is 0 Å². The number of hydrogen-bond donors (Lipinski definition) is 1. The van der Waals surface area contributed by atoms with Gasteiger partial charge in [0.1, 0.15) is 22.3 Å². The highest BCUT2D eigenvalue weighted by atomic mass is 79.9. The molecule has 22 rings (SSSR count). The molecule has 0 saturated heterocycles. The van der Waals surface area contributed by atoms with Crippen molar-refractivity contribution >= 4 is 153 Å². The van der Waals surface area contributed by atoms with Gasteiger partial charge in [-0.05, 0) is 201 Å². The van der Waals surface area contributed by atoms with Gasteiger partial charge in [0.25, 0.3) is 0 Å². The van der Waals surface area contributed by atoms with Gasteiger partial charge in [0.05, 0.1) is 27.8 Å². The van der Waals surface area contributed by atoms with E-state index in [0.29, 0.717) is 0 Å². The average molecular weight is 1490 g/mol. The topological polar surface area (TPSA) is 51.4 Å². The van der Waals surface area contributed by atoms with Crippen molar-refractivity contribution in [3.8, 4) is 55.9 Å². The van der Waals surface area contributed by atoms with Crippen molar-refractivity contribution in [3.05, 3.63) is 417 Å². The molecule has 0 atom stereocenters. The summed E-state index contributed by atoms with van der Waals surface area (Å²) < 4.78 is 18.1. The number of benzene rings is 18. The van der Waals surface area contributed by atoms with Crippen LogP contribution in [0.1, 0.15) is 0 Å². The maximum atomic E-state index is 6.22. The molecule has 0 radical (unpaired) electrons. The van der Waals surface area contributed by atoms with Crippen molar-refractivity contribution in [2.24, 2.45) is 0 Å². The minimum atomic E-state index is 0.904. The first-order valence-corrected chi connectivity index (χ1v) is 38.3. The Bertz CT molecular complexity index is 7130. The Balaban J connectivity index is 0.000000120. The zero-order chi connectivity index (χ0) is 73.7. The summed E-state index contributed by atoms with van der Waals surface area (Å²) in [6.07, 6.45) is 0. The van der Waals surface area contributed by atoms with Crippen LogP contribution in [0.15, 0.2) is 426 Å². The van der Waals surface area contributed by atoms with E-state index in [0.717, 1.165) is 99.2 Å². The quantitative estimate of drug-likeness (QED) is 0.140. The first kappa shape index (κ1) is 66.2. The van der Waals surface area contributed by atoms with E-state index in [1.807, 2.05) is 30.3 Å². The Morgan fingerprint density at radius 3 is 1.04 bits per heavy atom. The van der Waals surface area contributed by atoms with Crippen LogP contribution in [0.4, 0.5) is 28.4 Å². The van der Waals surface area contributed by atoms with Gasteiger partial charge < -0.3 is 28.2 Å². The summed E-state index contributed by atoms with van der Waals surface area (Å²) in [6.45, 7) is 0. The molecule has 0 fully saturated rings. The smallest absolute Gasteiger partial charge is 0.136 e. The molecule has 111 heavy (non-hydrogen) atoms. The summed E-state index contributed by atoms with van der Waals surface area (Å²) >= 11 is 3.51. The van der Waals surface area contributed by atoms with Gasteiger partial charge in [-0.3, -0.25) is 0 Å². The molecule has 18 aromatic carbocycles. The third-order valence-electron chi connectivity index (χ3n) is 21.5. The largest absolute Gasteiger partial charge is 0.456 e. The number of rotatable bonds is 11. The third kappa shape index (κ3) is 12.5. The van der Waals surface area contributed by atoms with Crippen LogP contribution in [0.25, 0.3) is 165 Å². The standard InChI is InChI=1S/C52H34N2O.C28H19NO.C24H16BrN/c1-2-15-43-37(11-1)12-10-21-48(43)53(41-30-25-36(26-31-41)39-27-32-47-46-18-5-8-22-51(46)55-52(47)34-39)40-28-23-35(24-29-40)38-13-9-14-42(33-38)54-49-19-6-3-16-44(49)45-17-4-7-20-50(45)54;1-2-8-23-20(6-1)7-5-10-26(23)29-22-15-12-19(13-16-22)21-14-17-25-24-9-3-4-11-27(24)30-28(25)18-21;25-19-14-12-17(13-15-19)18-6-5-7-20(16-18)26-23-10-3-1-8-21(23)22-9-2-4-11-24(22)26/h1-34H;1-18,29H;1-16H. The lowest BCUT2D eigenvalue weighted by molar-refractivity contribution is 0.668. The first-order chi connectivity index (χ1) is 54.9.